The van der Waals surface area contributed by atoms with Gasteiger partial charge in [-0.25, -0.2) is 0 Å². The van der Waals surface area contributed by atoms with E-state index in [0.717, 1.165) is 10.0 Å². The molecule has 0 fully saturated rings. The summed E-state index contributed by atoms with van der Waals surface area (Å²) in [5.74, 6) is 1.28. The molecule has 6 heteroatoms. The molecule has 1 atom stereocenters. The quantitative estimate of drug-likeness (QED) is 0.873. The maximum absolute atomic E-state index is 9.75. The van der Waals surface area contributed by atoms with Crippen LogP contribution in [0.3, 0.4) is 0 Å². The van der Waals surface area contributed by atoms with E-state index in [0.29, 0.717) is 23.8 Å². The van der Waals surface area contributed by atoms with Gasteiger partial charge in [0.25, 0.3) is 0 Å². The number of methoxy groups -OCH3 is 1. The minimum absolute atomic E-state index is 0.272. The van der Waals surface area contributed by atoms with Crippen LogP contribution in [-0.2, 0) is 18.0 Å². The number of benzene rings is 1. The molecule has 2 rings (SSSR count). The van der Waals surface area contributed by atoms with Crippen LogP contribution in [0, 0.1) is 0 Å². The van der Waals surface area contributed by atoms with Gasteiger partial charge < -0.3 is 19.1 Å². The molecule has 0 saturated carbocycles. The van der Waals surface area contributed by atoms with Crippen LogP contribution in [0.4, 0.5) is 0 Å². The third kappa shape index (κ3) is 3.82. The number of ether oxygens (including phenoxy) is 2. The van der Waals surface area contributed by atoms with Gasteiger partial charge in [0.15, 0.2) is 5.76 Å². The maximum atomic E-state index is 9.75. The highest BCUT2D eigenvalue weighted by molar-refractivity contribution is 9.10. The van der Waals surface area contributed by atoms with Gasteiger partial charge in [0, 0.05) is 23.2 Å². The predicted molar refractivity (Wildman–Crippen MR) is 76.3 cm³/mol. The highest BCUT2D eigenvalue weighted by Crippen LogP contribution is 2.29. The average Bonchev–Trinajstić information content (AvgIpc) is 2.85. The highest BCUT2D eigenvalue weighted by Gasteiger charge is 2.11. The smallest absolute Gasteiger partial charge is 0.162 e. The topological polar surface area (TPSA) is 64.7 Å². The predicted octanol–water partition coefficient (Wildman–Crippen LogP) is 3.22. The summed E-state index contributed by atoms with van der Waals surface area (Å²) in [6, 6.07) is 7.28. The van der Waals surface area contributed by atoms with Crippen LogP contribution in [0.2, 0.25) is 0 Å². The Hall–Kier alpha value is -1.37. The first-order valence-corrected chi connectivity index (χ1v) is 6.93. The first-order valence-electron chi connectivity index (χ1n) is 6.14. The summed E-state index contributed by atoms with van der Waals surface area (Å²) in [4.78, 5) is 0. The van der Waals surface area contributed by atoms with Gasteiger partial charge in [-0.05, 0) is 25.1 Å². The van der Waals surface area contributed by atoms with Gasteiger partial charge in [-0.1, -0.05) is 21.1 Å². The monoisotopic (exact) mass is 341 g/mol. The van der Waals surface area contributed by atoms with Gasteiger partial charge >= 0.3 is 0 Å². The molecule has 0 saturated heterocycles. The number of rotatable bonds is 6. The number of hydrogen-bond donors (Lipinski definition) is 1. The molecule has 0 aliphatic rings. The van der Waals surface area contributed by atoms with Crippen LogP contribution in [0.25, 0.3) is 0 Å². The molecule has 0 bridgehead atoms. The molecular formula is C14H16BrNO4. The zero-order valence-corrected chi connectivity index (χ0v) is 12.9. The van der Waals surface area contributed by atoms with Gasteiger partial charge in [-0.15, -0.1) is 0 Å². The Balaban J connectivity index is 2.06. The van der Waals surface area contributed by atoms with Gasteiger partial charge in [0.1, 0.15) is 24.7 Å². The van der Waals surface area contributed by atoms with E-state index in [1.54, 1.807) is 20.1 Å². The van der Waals surface area contributed by atoms with E-state index in [1.807, 2.05) is 18.2 Å². The van der Waals surface area contributed by atoms with E-state index in [4.69, 9.17) is 14.0 Å². The first-order chi connectivity index (χ1) is 9.60. The van der Waals surface area contributed by atoms with Crippen molar-refractivity contribution in [2.24, 2.45) is 0 Å². The van der Waals surface area contributed by atoms with Crippen LogP contribution in [0.1, 0.15) is 30.0 Å². The van der Waals surface area contributed by atoms with Crippen molar-refractivity contribution in [1.82, 2.24) is 5.16 Å². The minimum atomic E-state index is -0.608. The molecular weight excluding hydrogens is 326 g/mol. The zero-order valence-electron chi connectivity index (χ0n) is 11.3. The second-order valence-electron chi connectivity index (χ2n) is 4.36. The van der Waals surface area contributed by atoms with Crippen molar-refractivity contribution in [3.05, 3.63) is 45.8 Å². The molecule has 1 aromatic carbocycles. The molecule has 108 valence electrons. The fourth-order valence-corrected chi connectivity index (χ4v) is 2.14. The van der Waals surface area contributed by atoms with Gasteiger partial charge in [0.05, 0.1) is 6.10 Å². The van der Waals surface area contributed by atoms with Crippen LogP contribution in [-0.4, -0.2) is 17.4 Å². The lowest BCUT2D eigenvalue weighted by molar-refractivity contribution is 0.155. The molecule has 1 aromatic heterocycles. The number of aliphatic hydroxyl groups excluding tert-OH is 1. The lowest BCUT2D eigenvalue weighted by Gasteiger charge is -2.13. The molecule has 20 heavy (non-hydrogen) atoms. The van der Waals surface area contributed by atoms with Crippen LogP contribution >= 0.6 is 15.9 Å². The summed E-state index contributed by atoms with van der Waals surface area (Å²) in [5, 5.41) is 13.6. The SMILES string of the molecule is COCc1cc(COc2ccc(Br)cc2[C@H](C)O)no1. The van der Waals surface area contributed by atoms with Crippen molar-refractivity contribution < 1.29 is 19.1 Å². The molecule has 0 unspecified atom stereocenters. The number of aromatic nitrogens is 1. The second-order valence-corrected chi connectivity index (χ2v) is 5.28. The van der Waals surface area contributed by atoms with Crippen LogP contribution < -0.4 is 4.74 Å². The molecule has 1 N–H and O–H groups in total. The summed E-state index contributed by atoms with van der Waals surface area (Å²) >= 11 is 3.37. The normalized spacial score (nSPS) is 12.4. The number of hydrogen-bond acceptors (Lipinski definition) is 5. The van der Waals surface area contributed by atoms with Crippen molar-refractivity contribution in [2.45, 2.75) is 26.2 Å². The van der Waals surface area contributed by atoms with E-state index >= 15 is 0 Å². The Morgan fingerprint density at radius 1 is 1.35 bits per heavy atom. The fourth-order valence-electron chi connectivity index (χ4n) is 1.76. The molecule has 0 aliphatic carbocycles. The lowest BCUT2D eigenvalue weighted by Crippen LogP contribution is -2.01. The first kappa shape index (κ1) is 15.0. The standard InChI is InChI=1S/C14H16BrNO4/c1-9(17)13-5-10(15)3-4-14(13)19-7-11-6-12(8-18-2)20-16-11/h3-6,9,17H,7-8H2,1-2H3/t9-/m0/s1. The number of halogens is 1. The van der Waals surface area contributed by atoms with E-state index in [1.165, 1.54) is 0 Å². The Kier molecular flexibility index (Phi) is 5.17. The molecule has 0 amide bonds. The van der Waals surface area contributed by atoms with Crippen LogP contribution in [0.5, 0.6) is 5.75 Å². The Bertz CT molecular complexity index is 568. The molecule has 0 spiro atoms. The maximum Gasteiger partial charge on any atom is 0.162 e. The minimum Gasteiger partial charge on any atom is -0.487 e. The van der Waals surface area contributed by atoms with Crippen molar-refractivity contribution in [3.63, 3.8) is 0 Å². The summed E-state index contributed by atoms with van der Waals surface area (Å²) < 4.78 is 16.6. The van der Waals surface area contributed by atoms with Crippen molar-refractivity contribution in [3.8, 4) is 5.75 Å². The van der Waals surface area contributed by atoms with Gasteiger partial charge in [0.2, 0.25) is 0 Å². The Labute approximate surface area is 125 Å². The average molecular weight is 342 g/mol. The summed E-state index contributed by atoms with van der Waals surface area (Å²) in [5.41, 5.74) is 1.40. The second kappa shape index (κ2) is 6.88. The molecule has 1 heterocycles. The molecule has 0 radical (unpaired) electrons. The Morgan fingerprint density at radius 3 is 2.85 bits per heavy atom. The molecule has 5 nitrogen and oxygen atoms in total. The summed E-state index contributed by atoms with van der Waals surface area (Å²) in [6.07, 6.45) is -0.608. The zero-order chi connectivity index (χ0) is 14.5. The largest absolute Gasteiger partial charge is 0.487 e. The molecule has 2 aromatic rings. The summed E-state index contributed by atoms with van der Waals surface area (Å²) in [7, 11) is 1.59. The van der Waals surface area contributed by atoms with E-state index in [2.05, 4.69) is 21.1 Å². The van der Waals surface area contributed by atoms with E-state index in [-0.39, 0.29) is 6.61 Å². The molecule has 0 aliphatic heterocycles. The van der Waals surface area contributed by atoms with E-state index < -0.39 is 6.10 Å². The van der Waals surface area contributed by atoms with Gasteiger partial charge in [-0.2, -0.15) is 0 Å². The highest BCUT2D eigenvalue weighted by atomic mass is 79.9. The fraction of sp³-hybridized carbons (Fsp3) is 0.357. The lowest BCUT2D eigenvalue weighted by atomic mass is 10.1. The van der Waals surface area contributed by atoms with Crippen molar-refractivity contribution in [2.75, 3.05) is 7.11 Å². The number of aliphatic hydroxyl groups is 1. The van der Waals surface area contributed by atoms with Gasteiger partial charge in [-0.3, -0.25) is 0 Å². The third-order valence-corrected chi connectivity index (χ3v) is 3.19. The summed E-state index contributed by atoms with van der Waals surface area (Å²) in [6.45, 7) is 2.35. The van der Waals surface area contributed by atoms with Crippen molar-refractivity contribution in [1.29, 1.82) is 0 Å². The number of nitrogens with zero attached hydrogens (tertiary/aromatic N) is 1. The van der Waals surface area contributed by atoms with Crippen molar-refractivity contribution >= 4 is 15.9 Å². The Morgan fingerprint density at radius 2 is 2.15 bits per heavy atom. The van der Waals surface area contributed by atoms with E-state index in [9.17, 15) is 5.11 Å². The van der Waals surface area contributed by atoms with Crippen LogP contribution in [0.15, 0.2) is 33.3 Å². The third-order valence-electron chi connectivity index (χ3n) is 2.69.